The van der Waals surface area contributed by atoms with E-state index in [1.165, 1.54) is 18.4 Å². The summed E-state index contributed by atoms with van der Waals surface area (Å²) in [6, 6.07) is 2.38. The van der Waals surface area contributed by atoms with Gasteiger partial charge in [-0.3, -0.25) is 0 Å². The summed E-state index contributed by atoms with van der Waals surface area (Å²) in [6.45, 7) is 7.04. The van der Waals surface area contributed by atoms with Crippen molar-refractivity contribution in [3.05, 3.63) is 27.8 Å². The number of aryl methyl sites for hydroxylation is 1. The van der Waals surface area contributed by atoms with Crippen LogP contribution in [0.15, 0.2) is 6.07 Å². The monoisotopic (exact) mass is 317 g/mol. The zero-order valence-electron chi connectivity index (χ0n) is 12.5. The van der Waals surface area contributed by atoms with E-state index in [2.05, 4.69) is 26.8 Å². The number of benzene rings is 1. The second-order valence-electron chi connectivity index (χ2n) is 5.75. The lowest BCUT2D eigenvalue weighted by atomic mass is 9.97. The molecule has 2 nitrogen and oxygen atoms in total. The average Bonchev–Trinajstić information content (AvgIpc) is 3.19. The molecule has 1 aliphatic rings. The van der Waals surface area contributed by atoms with Gasteiger partial charge >= 0.3 is 0 Å². The Hall–Kier alpha value is -0.440. The Labute approximate surface area is 133 Å². The minimum absolute atomic E-state index is 0. The molecule has 1 aromatic rings. The van der Waals surface area contributed by atoms with Gasteiger partial charge in [0.2, 0.25) is 0 Å². The zero-order chi connectivity index (χ0) is 14.0. The van der Waals surface area contributed by atoms with Gasteiger partial charge in [-0.05, 0) is 62.1 Å². The summed E-state index contributed by atoms with van der Waals surface area (Å²) in [5.41, 5.74) is 9.52. The predicted octanol–water partition coefficient (Wildman–Crippen LogP) is 4.45. The summed E-state index contributed by atoms with van der Waals surface area (Å²) in [5, 5.41) is 0.763. The van der Waals surface area contributed by atoms with Gasteiger partial charge in [0, 0.05) is 6.04 Å². The van der Waals surface area contributed by atoms with Gasteiger partial charge in [-0.2, -0.15) is 0 Å². The third-order valence-electron chi connectivity index (χ3n) is 3.93. The van der Waals surface area contributed by atoms with Crippen LogP contribution in [0.3, 0.4) is 0 Å². The number of nitrogens with two attached hydrogens (primary N) is 1. The molecule has 1 unspecified atom stereocenters. The van der Waals surface area contributed by atoms with Gasteiger partial charge in [-0.25, -0.2) is 0 Å². The molecule has 114 valence electrons. The Bertz CT molecular complexity index is 458. The molecule has 0 bridgehead atoms. The Morgan fingerprint density at radius 1 is 1.40 bits per heavy atom. The predicted molar refractivity (Wildman–Crippen MR) is 88.4 cm³/mol. The molecule has 4 heteroatoms. The van der Waals surface area contributed by atoms with E-state index in [1.54, 1.807) is 0 Å². The molecule has 0 spiro atoms. The molecule has 20 heavy (non-hydrogen) atoms. The molecular formula is C16H25Cl2NO. The SMILES string of the molecule is CCC(N)Cc1cc(C)c(OCC2CC2)c(Cl)c1C.Cl. The van der Waals surface area contributed by atoms with Gasteiger partial charge in [0.1, 0.15) is 5.75 Å². The largest absolute Gasteiger partial charge is 0.491 e. The van der Waals surface area contributed by atoms with Crippen LogP contribution >= 0.6 is 24.0 Å². The highest BCUT2D eigenvalue weighted by Crippen LogP contribution is 2.37. The smallest absolute Gasteiger partial charge is 0.141 e. The maximum Gasteiger partial charge on any atom is 0.141 e. The molecule has 0 aromatic heterocycles. The first-order valence-electron chi connectivity index (χ1n) is 7.19. The van der Waals surface area contributed by atoms with Crippen molar-refractivity contribution in [2.24, 2.45) is 11.7 Å². The van der Waals surface area contributed by atoms with Gasteiger partial charge in [-0.15, -0.1) is 12.4 Å². The van der Waals surface area contributed by atoms with Gasteiger partial charge < -0.3 is 10.5 Å². The first kappa shape index (κ1) is 17.6. The standard InChI is InChI=1S/C16H24ClNO.ClH/c1-4-14(18)8-13-7-10(2)16(15(17)11(13)3)19-9-12-5-6-12;/h7,12,14H,4-6,8-9,18H2,1-3H3;1H. The van der Waals surface area contributed by atoms with E-state index in [1.807, 2.05) is 0 Å². The second kappa shape index (κ2) is 7.53. The second-order valence-corrected chi connectivity index (χ2v) is 6.13. The quantitative estimate of drug-likeness (QED) is 0.841. The van der Waals surface area contributed by atoms with E-state index < -0.39 is 0 Å². The lowest BCUT2D eigenvalue weighted by molar-refractivity contribution is 0.297. The molecule has 1 aliphatic carbocycles. The lowest BCUT2D eigenvalue weighted by Crippen LogP contribution is -2.22. The van der Waals surface area contributed by atoms with Crippen LogP contribution in [-0.2, 0) is 6.42 Å². The number of halogens is 2. The lowest BCUT2D eigenvalue weighted by Gasteiger charge is -2.18. The Balaban J connectivity index is 0.00000200. The maximum atomic E-state index is 6.47. The van der Waals surface area contributed by atoms with E-state index >= 15 is 0 Å². The van der Waals surface area contributed by atoms with Crippen LogP contribution in [0, 0.1) is 19.8 Å². The Kier molecular flexibility index (Phi) is 6.63. The maximum absolute atomic E-state index is 6.47. The summed E-state index contributed by atoms with van der Waals surface area (Å²) >= 11 is 6.47. The number of hydrogen-bond donors (Lipinski definition) is 1. The summed E-state index contributed by atoms with van der Waals surface area (Å²) in [4.78, 5) is 0. The van der Waals surface area contributed by atoms with Crippen molar-refractivity contribution in [2.75, 3.05) is 6.61 Å². The molecule has 1 saturated carbocycles. The first-order valence-corrected chi connectivity index (χ1v) is 7.57. The fourth-order valence-corrected chi connectivity index (χ4v) is 2.55. The van der Waals surface area contributed by atoms with Crippen LogP contribution in [0.5, 0.6) is 5.75 Å². The molecule has 1 fully saturated rings. The third-order valence-corrected chi connectivity index (χ3v) is 4.38. The van der Waals surface area contributed by atoms with Crippen molar-refractivity contribution in [3.63, 3.8) is 0 Å². The van der Waals surface area contributed by atoms with E-state index in [-0.39, 0.29) is 18.4 Å². The van der Waals surface area contributed by atoms with E-state index in [0.717, 1.165) is 47.3 Å². The summed E-state index contributed by atoms with van der Waals surface area (Å²) < 4.78 is 5.90. The van der Waals surface area contributed by atoms with Crippen molar-refractivity contribution in [2.45, 2.75) is 52.5 Å². The van der Waals surface area contributed by atoms with Crippen LogP contribution in [0.25, 0.3) is 0 Å². The number of hydrogen-bond acceptors (Lipinski definition) is 2. The molecule has 0 aliphatic heterocycles. The van der Waals surface area contributed by atoms with Gasteiger partial charge in [0.15, 0.2) is 0 Å². The molecular weight excluding hydrogens is 293 g/mol. The molecule has 2 N–H and O–H groups in total. The number of rotatable bonds is 6. The summed E-state index contributed by atoms with van der Waals surface area (Å²) in [5.74, 6) is 1.60. The Morgan fingerprint density at radius 3 is 2.60 bits per heavy atom. The highest BCUT2D eigenvalue weighted by Gasteiger charge is 2.23. The topological polar surface area (TPSA) is 35.2 Å². The van der Waals surface area contributed by atoms with Crippen molar-refractivity contribution in [1.29, 1.82) is 0 Å². The fraction of sp³-hybridized carbons (Fsp3) is 0.625. The molecule has 2 rings (SSSR count). The molecule has 0 radical (unpaired) electrons. The molecule has 1 aromatic carbocycles. The normalized spacial score (nSPS) is 15.7. The minimum atomic E-state index is 0. The van der Waals surface area contributed by atoms with Crippen LogP contribution in [0.1, 0.15) is 42.9 Å². The Morgan fingerprint density at radius 2 is 2.05 bits per heavy atom. The van der Waals surface area contributed by atoms with Gasteiger partial charge in [0.05, 0.1) is 11.6 Å². The highest BCUT2D eigenvalue weighted by atomic mass is 35.5. The third kappa shape index (κ3) is 4.28. The van der Waals surface area contributed by atoms with Crippen molar-refractivity contribution < 1.29 is 4.74 Å². The van der Waals surface area contributed by atoms with E-state index in [9.17, 15) is 0 Å². The minimum Gasteiger partial charge on any atom is -0.491 e. The molecule has 0 heterocycles. The molecule has 1 atom stereocenters. The zero-order valence-corrected chi connectivity index (χ0v) is 14.1. The number of ether oxygens (including phenoxy) is 1. The highest BCUT2D eigenvalue weighted by molar-refractivity contribution is 6.33. The first-order chi connectivity index (χ1) is 9.02. The van der Waals surface area contributed by atoms with Crippen molar-refractivity contribution >= 4 is 24.0 Å². The van der Waals surface area contributed by atoms with Crippen LogP contribution in [0.2, 0.25) is 5.02 Å². The van der Waals surface area contributed by atoms with Crippen LogP contribution in [0.4, 0.5) is 0 Å². The summed E-state index contributed by atoms with van der Waals surface area (Å²) in [6.07, 6.45) is 4.44. The van der Waals surface area contributed by atoms with E-state index in [0.29, 0.717) is 0 Å². The van der Waals surface area contributed by atoms with Gasteiger partial charge in [0.25, 0.3) is 0 Å². The van der Waals surface area contributed by atoms with Crippen molar-refractivity contribution in [1.82, 2.24) is 0 Å². The van der Waals surface area contributed by atoms with Crippen molar-refractivity contribution in [3.8, 4) is 5.75 Å². The fourth-order valence-electron chi connectivity index (χ4n) is 2.22. The van der Waals surface area contributed by atoms with Crippen LogP contribution in [-0.4, -0.2) is 12.6 Å². The molecule has 0 amide bonds. The van der Waals surface area contributed by atoms with E-state index in [4.69, 9.17) is 22.1 Å². The molecule has 0 saturated heterocycles. The average molecular weight is 318 g/mol. The van der Waals surface area contributed by atoms with Gasteiger partial charge in [-0.1, -0.05) is 24.6 Å². The summed E-state index contributed by atoms with van der Waals surface area (Å²) in [7, 11) is 0. The van der Waals surface area contributed by atoms with Crippen LogP contribution < -0.4 is 10.5 Å².